The number of aryl methyl sites for hydroxylation is 2. The zero-order chi connectivity index (χ0) is 21.3. The normalized spacial score (nSPS) is 11.4. The van der Waals surface area contributed by atoms with Crippen molar-refractivity contribution in [2.45, 2.75) is 18.7 Å². The molecule has 0 aliphatic heterocycles. The van der Waals surface area contributed by atoms with Gasteiger partial charge in [-0.1, -0.05) is 41.9 Å². The molecule has 30 heavy (non-hydrogen) atoms. The second kappa shape index (κ2) is 7.93. The van der Waals surface area contributed by atoms with Gasteiger partial charge in [0.1, 0.15) is 0 Å². The maximum Gasteiger partial charge on any atom is 0.263 e. The highest BCUT2D eigenvalue weighted by Gasteiger charge is 2.19. The number of fused-ring (bicyclic) bond motifs is 1. The van der Waals surface area contributed by atoms with E-state index >= 15 is 0 Å². The molecule has 0 atom stereocenters. The Labute approximate surface area is 180 Å². The van der Waals surface area contributed by atoms with E-state index in [1.807, 2.05) is 44.2 Å². The van der Waals surface area contributed by atoms with Crippen molar-refractivity contribution < 1.29 is 8.42 Å². The summed E-state index contributed by atoms with van der Waals surface area (Å²) in [5.74, 6) is 0.393. The molecule has 6 nitrogen and oxygen atoms in total. The molecule has 0 aliphatic carbocycles. The van der Waals surface area contributed by atoms with Crippen LogP contribution in [0.3, 0.4) is 0 Å². The first-order valence-corrected chi connectivity index (χ1v) is 11.1. The summed E-state index contributed by atoms with van der Waals surface area (Å²) in [5.41, 5.74) is 3.70. The van der Waals surface area contributed by atoms with Crippen LogP contribution in [0.4, 0.5) is 17.3 Å². The Morgan fingerprint density at radius 2 is 1.53 bits per heavy atom. The highest BCUT2D eigenvalue weighted by Crippen LogP contribution is 2.29. The quantitative estimate of drug-likeness (QED) is 0.433. The highest BCUT2D eigenvalue weighted by atomic mass is 35.5. The van der Waals surface area contributed by atoms with E-state index in [2.05, 4.69) is 20.0 Å². The number of aromatic nitrogens is 2. The van der Waals surface area contributed by atoms with Crippen LogP contribution in [0.25, 0.3) is 11.0 Å². The van der Waals surface area contributed by atoms with Gasteiger partial charge in [-0.3, -0.25) is 4.72 Å². The number of nitrogens with zero attached hydrogens (tertiary/aromatic N) is 2. The summed E-state index contributed by atoms with van der Waals surface area (Å²) >= 11 is 6.13. The summed E-state index contributed by atoms with van der Waals surface area (Å²) in [6, 6.07) is 19.4. The third kappa shape index (κ3) is 4.22. The Balaban J connectivity index is 1.81. The minimum atomic E-state index is -3.86. The van der Waals surface area contributed by atoms with Crippen LogP contribution in [0.15, 0.2) is 71.6 Å². The molecule has 0 saturated carbocycles. The first kappa shape index (κ1) is 20.1. The minimum Gasteiger partial charge on any atom is -0.337 e. The SMILES string of the molecule is Cc1cccc(S(=O)(=O)Nc2nc3ccccc3nc2Nc2cc(Cl)ccc2C)c1. The molecule has 0 fully saturated rings. The molecule has 0 unspecified atom stereocenters. The van der Waals surface area contributed by atoms with E-state index in [-0.39, 0.29) is 16.5 Å². The fraction of sp³-hybridized carbons (Fsp3) is 0.0909. The minimum absolute atomic E-state index is 0.106. The Kier molecular flexibility index (Phi) is 5.32. The topological polar surface area (TPSA) is 84.0 Å². The molecule has 8 heteroatoms. The fourth-order valence-corrected chi connectivity index (χ4v) is 4.27. The van der Waals surface area contributed by atoms with E-state index in [4.69, 9.17) is 11.6 Å². The first-order valence-electron chi connectivity index (χ1n) is 9.21. The Hall–Kier alpha value is -3.16. The Morgan fingerprint density at radius 1 is 0.833 bits per heavy atom. The molecule has 0 saturated heterocycles. The molecular formula is C22H19ClN4O2S. The molecule has 0 aliphatic rings. The van der Waals surface area contributed by atoms with E-state index in [1.54, 1.807) is 30.3 Å². The maximum atomic E-state index is 13.0. The number of nitrogens with one attached hydrogen (secondary N) is 2. The molecule has 152 valence electrons. The van der Waals surface area contributed by atoms with Gasteiger partial charge in [-0.25, -0.2) is 18.4 Å². The monoisotopic (exact) mass is 438 g/mol. The summed E-state index contributed by atoms with van der Waals surface area (Å²) < 4.78 is 28.6. The van der Waals surface area contributed by atoms with Gasteiger partial charge in [0.05, 0.1) is 15.9 Å². The van der Waals surface area contributed by atoms with E-state index in [9.17, 15) is 8.42 Å². The van der Waals surface area contributed by atoms with Gasteiger partial charge in [0.2, 0.25) is 0 Å². The molecule has 2 N–H and O–H groups in total. The van der Waals surface area contributed by atoms with Crippen LogP contribution in [0.2, 0.25) is 5.02 Å². The molecule has 1 heterocycles. The second-order valence-electron chi connectivity index (χ2n) is 6.92. The number of sulfonamides is 1. The van der Waals surface area contributed by atoms with E-state index in [0.717, 1.165) is 11.1 Å². The van der Waals surface area contributed by atoms with Gasteiger partial charge in [0.15, 0.2) is 11.6 Å². The average molecular weight is 439 g/mol. The van der Waals surface area contributed by atoms with E-state index < -0.39 is 10.0 Å². The number of hydrogen-bond donors (Lipinski definition) is 2. The molecule has 1 aromatic heterocycles. The molecule has 0 radical (unpaired) electrons. The second-order valence-corrected chi connectivity index (χ2v) is 9.03. The van der Waals surface area contributed by atoms with Gasteiger partial charge in [-0.05, 0) is 61.4 Å². The molecule has 3 aromatic carbocycles. The van der Waals surface area contributed by atoms with Crippen molar-refractivity contribution in [3.63, 3.8) is 0 Å². The Bertz CT molecular complexity index is 1360. The highest BCUT2D eigenvalue weighted by molar-refractivity contribution is 7.92. The number of anilines is 3. The molecule has 0 spiro atoms. The van der Waals surface area contributed by atoms with Gasteiger partial charge >= 0.3 is 0 Å². The van der Waals surface area contributed by atoms with Crippen molar-refractivity contribution in [2.24, 2.45) is 0 Å². The van der Waals surface area contributed by atoms with Gasteiger partial charge < -0.3 is 5.32 Å². The first-order chi connectivity index (χ1) is 14.3. The van der Waals surface area contributed by atoms with Crippen molar-refractivity contribution in [3.05, 3.63) is 82.9 Å². The standard InChI is InChI=1S/C22H19ClN4O2S/c1-14-6-5-7-17(12-14)30(28,29)27-22-21(24-18-8-3-4-9-19(18)25-22)26-20-13-16(23)11-10-15(20)2/h3-13H,1-2H3,(H,24,26)(H,25,27). The van der Waals surface area contributed by atoms with Crippen molar-refractivity contribution >= 4 is 50.0 Å². The lowest BCUT2D eigenvalue weighted by molar-refractivity contribution is 0.601. The number of benzene rings is 3. The lowest BCUT2D eigenvalue weighted by Gasteiger charge is -2.15. The van der Waals surface area contributed by atoms with Crippen LogP contribution in [-0.4, -0.2) is 18.4 Å². The maximum absolute atomic E-state index is 13.0. The number of para-hydroxylation sites is 2. The summed E-state index contributed by atoms with van der Waals surface area (Å²) in [6.07, 6.45) is 0. The van der Waals surface area contributed by atoms with E-state index in [0.29, 0.717) is 21.7 Å². The number of halogens is 1. The van der Waals surface area contributed by atoms with Crippen LogP contribution >= 0.6 is 11.6 Å². The van der Waals surface area contributed by atoms with Gasteiger partial charge in [0, 0.05) is 10.7 Å². The summed E-state index contributed by atoms with van der Waals surface area (Å²) in [4.78, 5) is 9.26. The number of rotatable bonds is 5. The zero-order valence-corrected chi connectivity index (χ0v) is 17.9. The summed E-state index contributed by atoms with van der Waals surface area (Å²) in [6.45, 7) is 3.76. The van der Waals surface area contributed by atoms with Crippen molar-refractivity contribution in [3.8, 4) is 0 Å². The Morgan fingerprint density at radius 3 is 2.23 bits per heavy atom. The zero-order valence-electron chi connectivity index (χ0n) is 16.3. The third-order valence-corrected chi connectivity index (χ3v) is 6.13. The molecule has 0 amide bonds. The van der Waals surface area contributed by atoms with Crippen molar-refractivity contribution in [2.75, 3.05) is 10.0 Å². The van der Waals surface area contributed by atoms with Crippen LogP contribution in [-0.2, 0) is 10.0 Å². The third-order valence-electron chi connectivity index (χ3n) is 4.55. The summed E-state index contributed by atoms with van der Waals surface area (Å²) in [5, 5.41) is 3.73. The predicted molar refractivity (Wildman–Crippen MR) is 121 cm³/mol. The molecule has 4 aromatic rings. The van der Waals surface area contributed by atoms with Crippen LogP contribution in [0.5, 0.6) is 0 Å². The lowest BCUT2D eigenvalue weighted by Crippen LogP contribution is -2.16. The molecule has 0 bridgehead atoms. The van der Waals surface area contributed by atoms with Crippen molar-refractivity contribution in [1.29, 1.82) is 0 Å². The van der Waals surface area contributed by atoms with E-state index in [1.165, 1.54) is 6.07 Å². The lowest BCUT2D eigenvalue weighted by atomic mass is 10.2. The van der Waals surface area contributed by atoms with Crippen LogP contribution in [0, 0.1) is 13.8 Å². The molecule has 4 rings (SSSR count). The summed E-state index contributed by atoms with van der Waals surface area (Å²) in [7, 11) is -3.86. The van der Waals surface area contributed by atoms with Gasteiger partial charge in [-0.15, -0.1) is 0 Å². The van der Waals surface area contributed by atoms with Crippen molar-refractivity contribution in [1.82, 2.24) is 9.97 Å². The van der Waals surface area contributed by atoms with Gasteiger partial charge in [0.25, 0.3) is 10.0 Å². The van der Waals surface area contributed by atoms with Crippen LogP contribution in [0.1, 0.15) is 11.1 Å². The smallest absolute Gasteiger partial charge is 0.263 e. The number of hydrogen-bond acceptors (Lipinski definition) is 5. The molecular weight excluding hydrogens is 420 g/mol. The van der Waals surface area contributed by atoms with Crippen LogP contribution < -0.4 is 10.0 Å². The van der Waals surface area contributed by atoms with Gasteiger partial charge in [-0.2, -0.15) is 0 Å². The average Bonchev–Trinajstić information content (AvgIpc) is 2.71. The predicted octanol–water partition coefficient (Wildman–Crippen LogP) is 5.44. The largest absolute Gasteiger partial charge is 0.337 e. The fourth-order valence-electron chi connectivity index (χ4n) is 2.98.